The molecule has 166 valence electrons. The zero-order chi connectivity index (χ0) is 22.4. The Morgan fingerprint density at radius 3 is 2.65 bits per heavy atom. The molecule has 1 aliphatic heterocycles. The van der Waals surface area contributed by atoms with Gasteiger partial charge in [0.25, 0.3) is 0 Å². The summed E-state index contributed by atoms with van der Waals surface area (Å²) in [7, 11) is 0. The number of carboxylic acid groups (broad SMARTS) is 1. The largest absolute Gasteiger partial charge is 0.507 e. The Morgan fingerprint density at radius 1 is 1.16 bits per heavy atom. The van der Waals surface area contributed by atoms with Gasteiger partial charge in [-0.2, -0.15) is 0 Å². The summed E-state index contributed by atoms with van der Waals surface area (Å²) in [5.41, 5.74) is 1.91. The second-order valence-corrected chi connectivity index (χ2v) is 7.55. The number of carboxylic acids is 1. The van der Waals surface area contributed by atoms with E-state index < -0.39 is 12.1 Å². The van der Waals surface area contributed by atoms with E-state index in [2.05, 4.69) is 0 Å². The highest BCUT2D eigenvalue weighted by Gasteiger charge is 2.25. The molecule has 2 aromatic rings. The maximum absolute atomic E-state index is 11.7. The number of carbonyl (C=O) groups excluding carboxylic acids is 1. The number of carbonyl (C=O) groups is 2. The van der Waals surface area contributed by atoms with Crippen molar-refractivity contribution in [3.8, 4) is 23.0 Å². The van der Waals surface area contributed by atoms with E-state index in [4.69, 9.17) is 19.3 Å². The molecule has 0 fully saturated rings. The molecule has 31 heavy (non-hydrogen) atoms. The third-order valence-electron chi connectivity index (χ3n) is 5.19. The Kier molecular flexibility index (Phi) is 7.39. The number of phenols is 1. The summed E-state index contributed by atoms with van der Waals surface area (Å²) in [6.07, 6.45) is 2.36. The third-order valence-corrected chi connectivity index (χ3v) is 5.19. The fraction of sp³-hybridized carbons (Fsp3) is 0.417. The van der Waals surface area contributed by atoms with Gasteiger partial charge in [0.1, 0.15) is 23.0 Å². The molecule has 1 aliphatic rings. The highest BCUT2D eigenvalue weighted by atomic mass is 16.5. The van der Waals surface area contributed by atoms with Crippen LogP contribution in [-0.4, -0.2) is 41.3 Å². The first-order chi connectivity index (χ1) is 14.9. The van der Waals surface area contributed by atoms with Gasteiger partial charge in [-0.15, -0.1) is 0 Å². The van der Waals surface area contributed by atoms with Crippen LogP contribution in [0.2, 0.25) is 0 Å². The summed E-state index contributed by atoms with van der Waals surface area (Å²) in [4.78, 5) is 22.7. The van der Waals surface area contributed by atoms with Gasteiger partial charge >= 0.3 is 5.97 Å². The lowest BCUT2D eigenvalue weighted by atomic mass is 10.0. The van der Waals surface area contributed by atoms with Crippen LogP contribution in [0.15, 0.2) is 30.3 Å². The van der Waals surface area contributed by atoms with E-state index in [1.165, 1.54) is 6.92 Å². The predicted molar refractivity (Wildman–Crippen MR) is 115 cm³/mol. The molecule has 7 heteroatoms. The zero-order valence-electron chi connectivity index (χ0n) is 17.8. The molecule has 1 unspecified atom stereocenters. The fourth-order valence-corrected chi connectivity index (χ4v) is 3.59. The van der Waals surface area contributed by atoms with Crippen molar-refractivity contribution in [1.29, 1.82) is 0 Å². The smallest absolute Gasteiger partial charge is 0.344 e. The molecular formula is C24H28O7. The Bertz CT molecular complexity index is 951. The summed E-state index contributed by atoms with van der Waals surface area (Å²) in [5, 5.41) is 19.5. The maximum Gasteiger partial charge on any atom is 0.344 e. The highest BCUT2D eigenvalue weighted by molar-refractivity contribution is 5.97. The molecule has 2 aromatic carbocycles. The average molecular weight is 428 g/mol. The lowest BCUT2D eigenvalue weighted by Crippen LogP contribution is -2.30. The molecule has 1 heterocycles. The van der Waals surface area contributed by atoms with Gasteiger partial charge in [-0.25, -0.2) is 4.79 Å². The van der Waals surface area contributed by atoms with Crippen molar-refractivity contribution >= 4 is 11.8 Å². The van der Waals surface area contributed by atoms with Crippen molar-refractivity contribution < 1.29 is 34.0 Å². The first kappa shape index (κ1) is 22.5. The number of aliphatic carboxylic acids is 1. The number of ether oxygens (including phenoxy) is 3. The minimum absolute atomic E-state index is 0.00418. The lowest BCUT2D eigenvalue weighted by Gasteiger charge is -2.23. The molecule has 7 nitrogen and oxygen atoms in total. The minimum Gasteiger partial charge on any atom is -0.507 e. The number of fused-ring (bicyclic) bond motifs is 1. The van der Waals surface area contributed by atoms with Crippen LogP contribution >= 0.6 is 0 Å². The number of ketones is 1. The molecule has 0 spiro atoms. The Morgan fingerprint density at radius 2 is 1.94 bits per heavy atom. The molecule has 0 saturated carbocycles. The Hall–Kier alpha value is -3.22. The van der Waals surface area contributed by atoms with Gasteiger partial charge in [-0.1, -0.05) is 13.3 Å². The summed E-state index contributed by atoms with van der Waals surface area (Å²) >= 11 is 0. The van der Waals surface area contributed by atoms with Crippen molar-refractivity contribution in [3.05, 3.63) is 47.0 Å². The lowest BCUT2D eigenvalue weighted by molar-refractivity contribution is -0.145. The van der Waals surface area contributed by atoms with E-state index in [0.29, 0.717) is 67.3 Å². The Labute approximate surface area is 181 Å². The van der Waals surface area contributed by atoms with E-state index in [-0.39, 0.29) is 11.5 Å². The van der Waals surface area contributed by atoms with Gasteiger partial charge < -0.3 is 24.4 Å². The number of aryl methyl sites for hydroxylation is 1. The van der Waals surface area contributed by atoms with E-state index in [1.54, 1.807) is 24.3 Å². The molecule has 0 saturated heterocycles. The molecule has 1 atom stereocenters. The second-order valence-electron chi connectivity index (χ2n) is 7.55. The second kappa shape index (κ2) is 10.2. The monoisotopic (exact) mass is 428 g/mol. The van der Waals surface area contributed by atoms with Gasteiger partial charge in [0.2, 0.25) is 0 Å². The predicted octanol–water partition coefficient (Wildman–Crippen LogP) is 4.17. The number of rotatable bonds is 10. The van der Waals surface area contributed by atoms with Crippen LogP contribution in [0.4, 0.5) is 0 Å². The van der Waals surface area contributed by atoms with Crippen molar-refractivity contribution in [2.45, 2.75) is 52.1 Å². The van der Waals surface area contributed by atoms with Crippen molar-refractivity contribution in [3.63, 3.8) is 0 Å². The fourth-order valence-electron chi connectivity index (χ4n) is 3.59. The molecular weight excluding hydrogens is 400 g/mol. The van der Waals surface area contributed by atoms with Crippen LogP contribution in [0.3, 0.4) is 0 Å². The SMILES string of the molecule is CCCc1c(OCCCOc2ccc3c(c2)CCC(C(=O)O)O3)ccc(C(C)=O)c1O. The van der Waals surface area contributed by atoms with E-state index in [9.17, 15) is 14.7 Å². The first-order valence-corrected chi connectivity index (χ1v) is 10.5. The number of aromatic hydroxyl groups is 1. The van der Waals surface area contributed by atoms with Gasteiger partial charge in [0.15, 0.2) is 11.9 Å². The average Bonchev–Trinajstić information content (AvgIpc) is 2.75. The normalized spacial score (nSPS) is 15.0. The minimum atomic E-state index is -0.947. The van der Waals surface area contributed by atoms with Crippen LogP contribution in [-0.2, 0) is 17.6 Å². The molecule has 0 aromatic heterocycles. The number of benzene rings is 2. The molecule has 0 aliphatic carbocycles. The van der Waals surface area contributed by atoms with Gasteiger partial charge in [-0.05, 0) is 62.1 Å². The number of hydrogen-bond acceptors (Lipinski definition) is 6. The maximum atomic E-state index is 11.7. The number of hydrogen-bond donors (Lipinski definition) is 2. The number of Topliss-reactive ketones (excluding diaryl/α,β-unsaturated/α-hetero) is 1. The molecule has 3 rings (SSSR count). The van der Waals surface area contributed by atoms with Crippen molar-refractivity contribution in [1.82, 2.24) is 0 Å². The third kappa shape index (κ3) is 5.48. The van der Waals surface area contributed by atoms with Gasteiger partial charge in [0.05, 0.1) is 18.8 Å². The van der Waals surface area contributed by atoms with Crippen LogP contribution in [0.5, 0.6) is 23.0 Å². The molecule has 0 amide bonds. The van der Waals surface area contributed by atoms with Gasteiger partial charge in [0, 0.05) is 12.0 Å². The molecule has 2 N–H and O–H groups in total. The van der Waals surface area contributed by atoms with Crippen molar-refractivity contribution in [2.75, 3.05) is 13.2 Å². The Balaban J connectivity index is 1.51. The van der Waals surface area contributed by atoms with Crippen LogP contribution in [0.1, 0.15) is 54.6 Å². The summed E-state index contributed by atoms with van der Waals surface area (Å²) in [6, 6.07) is 8.71. The van der Waals surface area contributed by atoms with E-state index in [1.807, 2.05) is 13.0 Å². The summed E-state index contributed by atoms with van der Waals surface area (Å²) in [6.45, 7) is 4.28. The van der Waals surface area contributed by atoms with E-state index >= 15 is 0 Å². The van der Waals surface area contributed by atoms with Crippen LogP contribution < -0.4 is 14.2 Å². The van der Waals surface area contributed by atoms with Crippen molar-refractivity contribution in [2.24, 2.45) is 0 Å². The molecule has 0 bridgehead atoms. The number of phenolic OH excluding ortho intramolecular Hbond substituents is 1. The topological polar surface area (TPSA) is 102 Å². The van der Waals surface area contributed by atoms with E-state index in [0.717, 1.165) is 12.0 Å². The van der Waals surface area contributed by atoms with Gasteiger partial charge in [-0.3, -0.25) is 4.79 Å². The van der Waals surface area contributed by atoms with Crippen LogP contribution in [0.25, 0.3) is 0 Å². The summed E-state index contributed by atoms with van der Waals surface area (Å²) in [5.74, 6) is 0.756. The standard InChI is InChI=1S/C24H28O7/c1-3-5-19-21(11-8-18(15(2)25)23(19)26)30-13-4-12-29-17-7-10-20-16(14-17)6-9-22(31-20)24(27)28/h7-8,10-11,14,22,26H,3-6,9,12-13H2,1-2H3,(H,27,28). The quantitative estimate of drug-likeness (QED) is 0.432. The highest BCUT2D eigenvalue weighted by Crippen LogP contribution is 2.33. The first-order valence-electron chi connectivity index (χ1n) is 10.5. The van der Waals surface area contributed by atoms with Crippen LogP contribution in [0, 0.1) is 0 Å². The molecule has 0 radical (unpaired) electrons. The zero-order valence-corrected chi connectivity index (χ0v) is 17.8. The summed E-state index contributed by atoms with van der Waals surface area (Å²) < 4.78 is 17.1.